The molecule has 0 saturated carbocycles. The van der Waals surface area contributed by atoms with Crippen LogP contribution in [-0.4, -0.2) is 39.3 Å². The Bertz CT molecular complexity index is 772. The van der Waals surface area contributed by atoms with Gasteiger partial charge in [0.25, 0.3) is 0 Å². The first kappa shape index (κ1) is 17.4. The van der Waals surface area contributed by atoms with Crippen molar-refractivity contribution in [3.05, 3.63) is 41.2 Å². The maximum atomic E-state index is 14.4. The van der Waals surface area contributed by atoms with Gasteiger partial charge < -0.3 is 24.1 Å². The van der Waals surface area contributed by atoms with Crippen LogP contribution in [0.1, 0.15) is 15.9 Å². The van der Waals surface area contributed by atoms with Crippen LogP contribution < -0.4 is 18.9 Å². The Morgan fingerprint density at radius 1 is 0.875 bits per heavy atom. The minimum absolute atomic E-state index is 0.00830. The Hall–Kier alpha value is -2.96. The average Bonchev–Trinajstić information content (AvgIpc) is 2.59. The Labute approximate surface area is 138 Å². The second kappa shape index (κ2) is 7.08. The molecule has 6 nitrogen and oxygen atoms in total. The first-order chi connectivity index (χ1) is 11.5. The molecule has 2 rings (SSSR count). The zero-order valence-corrected chi connectivity index (χ0v) is 13.7. The van der Waals surface area contributed by atoms with Crippen LogP contribution in [0.3, 0.4) is 0 Å². The van der Waals surface area contributed by atoms with E-state index in [4.69, 9.17) is 18.9 Å². The zero-order chi connectivity index (χ0) is 17.9. The third-order valence-corrected chi connectivity index (χ3v) is 3.46. The Morgan fingerprint density at radius 3 is 2.00 bits per heavy atom. The number of ether oxygens (including phenoxy) is 4. The van der Waals surface area contributed by atoms with Gasteiger partial charge in [0.2, 0.25) is 5.78 Å². The molecule has 128 valence electrons. The minimum atomic E-state index is -0.828. The molecule has 0 unspecified atom stereocenters. The van der Waals surface area contributed by atoms with E-state index in [0.29, 0.717) is 0 Å². The number of aromatic hydroxyl groups is 1. The summed E-state index contributed by atoms with van der Waals surface area (Å²) in [5, 5.41) is 10.1. The number of carbonyl (C=O) groups excluding carboxylic acids is 1. The van der Waals surface area contributed by atoms with Gasteiger partial charge in [0.05, 0.1) is 34.0 Å². The number of hydrogen-bond acceptors (Lipinski definition) is 6. The number of phenols is 1. The van der Waals surface area contributed by atoms with Gasteiger partial charge in [0.1, 0.15) is 28.6 Å². The summed E-state index contributed by atoms with van der Waals surface area (Å²) >= 11 is 0. The van der Waals surface area contributed by atoms with Gasteiger partial charge in [-0.05, 0) is 6.07 Å². The maximum absolute atomic E-state index is 14.4. The molecule has 0 heterocycles. The second-order valence-corrected chi connectivity index (χ2v) is 4.74. The molecule has 2 aromatic carbocycles. The zero-order valence-electron chi connectivity index (χ0n) is 13.7. The lowest BCUT2D eigenvalue weighted by Crippen LogP contribution is -2.08. The lowest BCUT2D eigenvalue weighted by atomic mass is 10.00. The van der Waals surface area contributed by atoms with Gasteiger partial charge in [-0.25, -0.2) is 4.39 Å². The summed E-state index contributed by atoms with van der Waals surface area (Å²) in [6.45, 7) is 0. The van der Waals surface area contributed by atoms with E-state index in [1.54, 1.807) is 0 Å². The molecule has 1 N–H and O–H groups in total. The van der Waals surface area contributed by atoms with E-state index in [-0.39, 0.29) is 39.9 Å². The highest BCUT2D eigenvalue weighted by Gasteiger charge is 2.25. The number of halogens is 1. The number of benzene rings is 2. The molecule has 0 radical (unpaired) electrons. The van der Waals surface area contributed by atoms with Crippen molar-refractivity contribution in [1.29, 1.82) is 0 Å². The van der Waals surface area contributed by atoms with E-state index in [1.807, 2.05) is 0 Å². The summed E-state index contributed by atoms with van der Waals surface area (Å²) in [4.78, 5) is 12.7. The van der Waals surface area contributed by atoms with E-state index in [1.165, 1.54) is 46.6 Å². The van der Waals surface area contributed by atoms with Crippen molar-refractivity contribution in [3.8, 4) is 28.7 Å². The van der Waals surface area contributed by atoms with Crippen LogP contribution in [0.2, 0.25) is 0 Å². The van der Waals surface area contributed by atoms with Gasteiger partial charge in [-0.2, -0.15) is 0 Å². The van der Waals surface area contributed by atoms with Gasteiger partial charge in [0.15, 0.2) is 11.5 Å². The van der Waals surface area contributed by atoms with Crippen LogP contribution in [0.15, 0.2) is 24.3 Å². The smallest absolute Gasteiger partial charge is 0.203 e. The summed E-state index contributed by atoms with van der Waals surface area (Å²) in [6, 6.07) is 4.95. The number of phenolic OH excluding ortho intramolecular Hbond substituents is 1. The first-order valence-corrected chi connectivity index (χ1v) is 6.88. The summed E-state index contributed by atoms with van der Waals surface area (Å²) in [5.41, 5.74) is -0.462. The SMILES string of the molecule is COc1cc(F)c(C(=O)c2cc(OC)c(OC)cc2O)c(OC)c1. The van der Waals surface area contributed by atoms with Gasteiger partial charge in [-0.1, -0.05) is 0 Å². The van der Waals surface area contributed by atoms with Gasteiger partial charge in [-0.15, -0.1) is 0 Å². The molecule has 0 amide bonds. The standard InChI is InChI=1S/C17H17FO6/c1-21-9-5-11(18)16(15(6-9)24-4)17(20)10-7-13(22-2)14(23-3)8-12(10)19/h5-8,19H,1-4H3. The Balaban J connectivity index is 2.61. The molecule has 0 fully saturated rings. The van der Waals surface area contributed by atoms with Crippen LogP contribution in [0, 0.1) is 5.82 Å². The van der Waals surface area contributed by atoms with E-state index < -0.39 is 11.6 Å². The molecule has 24 heavy (non-hydrogen) atoms. The van der Waals surface area contributed by atoms with Crippen molar-refractivity contribution in [2.75, 3.05) is 28.4 Å². The number of rotatable bonds is 6. The number of ketones is 1. The topological polar surface area (TPSA) is 74.2 Å². The summed E-state index contributed by atoms with van der Waals surface area (Å²) < 4.78 is 34.5. The quantitative estimate of drug-likeness (QED) is 0.818. The lowest BCUT2D eigenvalue weighted by Gasteiger charge is -2.14. The number of methoxy groups -OCH3 is 4. The fourth-order valence-electron chi connectivity index (χ4n) is 2.24. The van der Waals surface area contributed by atoms with Crippen molar-refractivity contribution in [3.63, 3.8) is 0 Å². The Morgan fingerprint density at radius 2 is 1.46 bits per heavy atom. The predicted molar refractivity (Wildman–Crippen MR) is 84.1 cm³/mol. The van der Waals surface area contributed by atoms with Crippen molar-refractivity contribution >= 4 is 5.78 Å². The molecule has 0 bridgehead atoms. The predicted octanol–water partition coefficient (Wildman–Crippen LogP) is 2.80. The number of hydrogen-bond donors (Lipinski definition) is 1. The highest BCUT2D eigenvalue weighted by atomic mass is 19.1. The molecule has 0 aliphatic carbocycles. The molecule has 0 atom stereocenters. The van der Waals surface area contributed by atoms with Crippen LogP contribution in [-0.2, 0) is 0 Å². The van der Waals surface area contributed by atoms with Crippen LogP contribution >= 0.6 is 0 Å². The molecule has 2 aromatic rings. The van der Waals surface area contributed by atoms with Gasteiger partial charge >= 0.3 is 0 Å². The Kier molecular flexibility index (Phi) is 5.13. The highest BCUT2D eigenvalue weighted by molar-refractivity contribution is 6.13. The molecule has 0 aliphatic heterocycles. The molecule has 0 spiro atoms. The fraction of sp³-hybridized carbons (Fsp3) is 0.235. The van der Waals surface area contributed by atoms with Crippen LogP contribution in [0.5, 0.6) is 28.7 Å². The van der Waals surface area contributed by atoms with E-state index in [2.05, 4.69) is 0 Å². The first-order valence-electron chi connectivity index (χ1n) is 6.88. The fourth-order valence-corrected chi connectivity index (χ4v) is 2.24. The average molecular weight is 336 g/mol. The minimum Gasteiger partial charge on any atom is -0.507 e. The van der Waals surface area contributed by atoms with Crippen molar-refractivity contribution in [2.24, 2.45) is 0 Å². The molecule has 0 aromatic heterocycles. The third kappa shape index (κ3) is 3.05. The number of carbonyl (C=O) groups is 1. The van der Waals surface area contributed by atoms with Crippen molar-refractivity contribution in [2.45, 2.75) is 0 Å². The molecular formula is C17H17FO6. The second-order valence-electron chi connectivity index (χ2n) is 4.74. The molecule has 7 heteroatoms. The molecule has 0 aliphatic rings. The maximum Gasteiger partial charge on any atom is 0.203 e. The molecular weight excluding hydrogens is 319 g/mol. The summed E-state index contributed by atoms with van der Waals surface area (Å²) in [5.74, 6) is -1.28. The van der Waals surface area contributed by atoms with Crippen LogP contribution in [0.4, 0.5) is 4.39 Å². The summed E-state index contributed by atoms with van der Waals surface area (Å²) in [7, 11) is 5.46. The van der Waals surface area contributed by atoms with Crippen molar-refractivity contribution in [1.82, 2.24) is 0 Å². The van der Waals surface area contributed by atoms with Crippen molar-refractivity contribution < 1.29 is 33.2 Å². The third-order valence-electron chi connectivity index (χ3n) is 3.46. The van der Waals surface area contributed by atoms with Gasteiger partial charge in [0, 0.05) is 18.2 Å². The monoisotopic (exact) mass is 336 g/mol. The normalized spacial score (nSPS) is 10.2. The van der Waals surface area contributed by atoms with Crippen LogP contribution in [0.25, 0.3) is 0 Å². The largest absolute Gasteiger partial charge is 0.507 e. The molecule has 0 saturated heterocycles. The highest BCUT2D eigenvalue weighted by Crippen LogP contribution is 2.37. The van der Waals surface area contributed by atoms with E-state index in [0.717, 1.165) is 6.07 Å². The van der Waals surface area contributed by atoms with E-state index >= 15 is 0 Å². The van der Waals surface area contributed by atoms with E-state index in [9.17, 15) is 14.3 Å². The lowest BCUT2D eigenvalue weighted by molar-refractivity contribution is 0.102. The van der Waals surface area contributed by atoms with Gasteiger partial charge in [-0.3, -0.25) is 4.79 Å². The summed E-state index contributed by atoms with van der Waals surface area (Å²) in [6.07, 6.45) is 0.